The van der Waals surface area contributed by atoms with E-state index in [9.17, 15) is 4.79 Å². The van der Waals surface area contributed by atoms with Crippen molar-refractivity contribution in [2.24, 2.45) is 0 Å². The van der Waals surface area contributed by atoms with E-state index in [1.807, 2.05) is 12.1 Å². The maximum Gasteiger partial charge on any atom is 0.337 e. The third kappa shape index (κ3) is 3.01. The average molecular weight is 251 g/mol. The molecule has 0 radical (unpaired) electrons. The van der Waals surface area contributed by atoms with Gasteiger partial charge in [-0.25, -0.2) is 4.79 Å². The molecule has 5 heteroatoms. The van der Waals surface area contributed by atoms with Crippen LogP contribution in [-0.4, -0.2) is 22.6 Å². The maximum atomic E-state index is 10.8. The molecule has 1 heterocycles. The second kappa shape index (κ2) is 4.93. The van der Waals surface area contributed by atoms with Crippen LogP contribution in [-0.2, 0) is 4.79 Å². The van der Waals surface area contributed by atoms with Crippen LogP contribution in [0.5, 0.6) is 0 Å². The number of nitrogens with zero attached hydrogens (tertiary/aromatic N) is 1. The van der Waals surface area contributed by atoms with Gasteiger partial charge in [0.2, 0.25) is 0 Å². The Balaban J connectivity index is 2.10. The minimum atomic E-state index is -0.946. The van der Waals surface area contributed by atoms with Crippen LogP contribution in [0.25, 0.3) is 0 Å². The first-order chi connectivity index (χ1) is 8.15. The lowest BCUT2D eigenvalue weighted by atomic mass is 10.2. The fraction of sp³-hybridized carbons (Fsp3) is 0.0833. The first kappa shape index (κ1) is 11.5. The quantitative estimate of drug-likeness (QED) is 0.866. The summed E-state index contributed by atoms with van der Waals surface area (Å²) in [6.07, 6.45) is 4.91. The van der Waals surface area contributed by atoms with Gasteiger partial charge in [0.05, 0.1) is 17.8 Å². The number of aliphatic carboxylic acids is 1. The van der Waals surface area contributed by atoms with Gasteiger partial charge in [-0.05, 0) is 24.3 Å². The standard InChI is InChI=1S/C12H11ClN2O2/c13-10-4-1-5-11(7-10)14-15-6-2-3-9(8-15)12(16)17/h1-5,7-8,14H,6H2,(H,16,17). The minimum absolute atomic E-state index is 0.241. The smallest absolute Gasteiger partial charge is 0.337 e. The topological polar surface area (TPSA) is 52.6 Å². The van der Waals surface area contributed by atoms with E-state index in [2.05, 4.69) is 5.43 Å². The molecule has 4 nitrogen and oxygen atoms in total. The number of hydrogen-bond acceptors (Lipinski definition) is 3. The van der Waals surface area contributed by atoms with Crippen molar-refractivity contribution in [3.8, 4) is 0 Å². The van der Waals surface area contributed by atoms with E-state index in [1.165, 1.54) is 0 Å². The van der Waals surface area contributed by atoms with Gasteiger partial charge in [-0.15, -0.1) is 0 Å². The van der Waals surface area contributed by atoms with E-state index >= 15 is 0 Å². The van der Waals surface area contributed by atoms with Gasteiger partial charge in [0, 0.05) is 11.2 Å². The zero-order valence-corrected chi connectivity index (χ0v) is 9.69. The zero-order valence-electron chi connectivity index (χ0n) is 8.93. The molecule has 1 aliphatic heterocycles. The van der Waals surface area contributed by atoms with Gasteiger partial charge < -0.3 is 5.11 Å². The molecule has 0 aromatic heterocycles. The van der Waals surface area contributed by atoms with Crippen molar-refractivity contribution in [2.75, 3.05) is 12.0 Å². The van der Waals surface area contributed by atoms with Crippen LogP contribution in [0.2, 0.25) is 5.02 Å². The molecule has 2 N–H and O–H groups in total. The Hall–Kier alpha value is -1.94. The third-order valence-electron chi connectivity index (χ3n) is 2.24. The van der Waals surface area contributed by atoms with Crippen molar-refractivity contribution in [1.82, 2.24) is 5.01 Å². The molecule has 0 fully saturated rings. The predicted molar refractivity (Wildman–Crippen MR) is 66.6 cm³/mol. The van der Waals surface area contributed by atoms with Crippen molar-refractivity contribution in [3.05, 3.63) is 53.2 Å². The molecule has 0 saturated heterocycles. The van der Waals surface area contributed by atoms with Gasteiger partial charge in [-0.3, -0.25) is 10.4 Å². The van der Waals surface area contributed by atoms with Crippen LogP contribution in [0.4, 0.5) is 5.69 Å². The summed E-state index contributed by atoms with van der Waals surface area (Å²) in [7, 11) is 0. The largest absolute Gasteiger partial charge is 0.478 e. The second-order valence-corrected chi connectivity index (χ2v) is 4.00. The highest BCUT2D eigenvalue weighted by Gasteiger charge is 2.10. The Morgan fingerprint density at radius 1 is 1.47 bits per heavy atom. The van der Waals surface area contributed by atoms with E-state index in [0.717, 1.165) is 5.69 Å². The number of hydrogen-bond donors (Lipinski definition) is 2. The molecule has 1 aliphatic rings. The molecular weight excluding hydrogens is 240 g/mol. The number of halogens is 1. The highest BCUT2D eigenvalue weighted by molar-refractivity contribution is 6.30. The fourth-order valence-electron chi connectivity index (χ4n) is 1.49. The molecule has 1 aromatic rings. The van der Waals surface area contributed by atoms with E-state index in [0.29, 0.717) is 11.6 Å². The van der Waals surface area contributed by atoms with E-state index in [4.69, 9.17) is 16.7 Å². The Morgan fingerprint density at radius 3 is 3.00 bits per heavy atom. The maximum absolute atomic E-state index is 10.8. The SMILES string of the molecule is O=C(O)C1=CN(Nc2cccc(Cl)c2)CC=C1. The summed E-state index contributed by atoms with van der Waals surface area (Å²) in [5.41, 5.74) is 4.12. The normalized spacial score (nSPS) is 14.4. The van der Waals surface area contributed by atoms with Crippen LogP contribution in [0, 0.1) is 0 Å². The second-order valence-electron chi connectivity index (χ2n) is 3.57. The van der Waals surface area contributed by atoms with Crippen LogP contribution in [0.1, 0.15) is 0 Å². The highest BCUT2D eigenvalue weighted by atomic mass is 35.5. The van der Waals surface area contributed by atoms with Crippen molar-refractivity contribution in [2.45, 2.75) is 0 Å². The lowest BCUT2D eigenvalue weighted by Crippen LogP contribution is -2.27. The molecule has 17 heavy (non-hydrogen) atoms. The molecule has 0 unspecified atom stereocenters. The summed E-state index contributed by atoms with van der Waals surface area (Å²) in [5, 5.41) is 11.2. The monoisotopic (exact) mass is 250 g/mol. The van der Waals surface area contributed by atoms with Crippen molar-refractivity contribution in [1.29, 1.82) is 0 Å². The Kier molecular flexibility index (Phi) is 3.35. The summed E-state index contributed by atoms with van der Waals surface area (Å²) in [5.74, 6) is -0.946. The van der Waals surface area contributed by atoms with Crippen LogP contribution >= 0.6 is 11.6 Å². The molecule has 0 aliphatic carbocycles. The van der Waals surface area contributed by atoms with E-state index in [-0.39, 0.29) is 5.57 Å². The van der Waals surface area contributed by atoms with E-state index < -0.39 is 5.97 Å². The summed E-state index contributed by atoms with van der Waals surface area (Å²) in [6.45, 7) is 0.600. The van der Waals surface area contributed by atoms with E-state index in [1.54, 1.807) is 35.5 Å². The molecule has 88 valence electrons. The van der Waals surface area contributed by atoms with Crippen molar-refractivity contribution >= 4 is 23.3 Å². The zero-order chi connectivity index (χ0) is 12.3. The van der Waals surface area contributed by atoms with Gasteiger partial charge in [-0.1, -0.05) is 23.7 Å². The van der Waals surface area contributed by atoms with Crippen LogP contribution in [0.15, 0.2) is 48.2 Å². The fourth-order valence-corrected chi connectivity index (χ4v) is 1.68. The molecule has 0 spiro atoms. The average Bonchev–Trinajstić information content (AvgIpc) is 2.29. The molecule has 0 amide bonds. The number of carboxylic acids is 1. The predicted octanol–water partition coefficient (Wildman–Crippen LogP) is 2.51. The van der Waals surface area contributed by atoms with Gasteiger partial charge in [-0.2, -0.15) is 0 Å². The van der Waals surface area contributed by atoms with Crippen LogP contribution in [0.3, 0.4) is 0 Å². The van der Waals surface area contributed by atoms with Crippen molar-refractivity contribution in [3.63, 3.8) is 0 Å². The molecule has 0 saturated carbocycles. The first-order valence-electron chi connectivity index (χ1n) is 5.06. The number of carboxylic acid groups (broad SMARTS) is 1. The number of nitrogens with one attached hydrogen (secondary N) is 1. The number of carbonyl (C=O) groups is 1. The molecule has 1 aromatic carbocycles. The first-order valence-corrected chi connectivity index (χ1v) is 5.43. The summed E-state index contributed by atoms with van der Waals surface area (Å²) in [4.78, 5) is 10.8. The molecule has 0 bridgehead atoms. The molecule has 0 atom stereocenters. The number of anilines is 1. The Labute approximate surface area is 104 Å². The summed E-state index contributed by atoms with van der Waals surface area (Å²) in [6, 6.07) is 7.24. The third-order valence-corrected chi connectivity index (χ3v) is 2.47. The van der Waals surface area contributed by atoms with Crippen LogP contribution < -0.4 is 5.43 Å². The summed E-state index contributed by atoms with van der Waals surface area (Å²) >= 11 is 5.86. The van der Waals surface area contributed by atoms with Gasteiger partial charge >= 0.3 is 5.97 Å². The highest BCUT2D eigenvalue weighted by Crippen LogP contribution is 2.17. The van der Waals surface area contributed by atoms with Gasteiger partial charge in [0.15, 0.2) is 0 Å². The Bertz CT molecular complexity index is 497. The minimum Gasteiger partial charge on any atom is -0.478 e. The Morgan fingerprint density at radius 2 is 2.29 bits per heavy atom. The van der Waals surface area contributed by atoms with Gasteiger partial charge in [0.1, 0.15) is 0 Å². The number of benzene rings is 1. The summed E-state index contributed by atoms with van der Waals surface area (Å²) < 4.78 is 0. The molecule has 2 rings (SSSR count). The van der Waals surface area contributed by atoms with Crippen molar-refractivity contribution < 1.29 is 9.90 Å². The lowest BCUT2D eigenvalue weighted by Gasteiger charge is -2.24. The molecular formula is C12H11ClN2O2. The number of hydrazine groups is 1. The van der Waals surface area contributed by atoms with Gasteiger partial charge in [0.25, 0.3) is 0 Å². The lowest BCUT2D eigenvalue weighted by molar-refractivity contribution is -0.132. The number of rotatable bonds is 3.